The maximum absolute atomic E-state index is 13.8. The molecule has 2 fully saturated rings. The maximum Gasteiger partial charge on any atom is 0.126 e. The summed E-state index contributed by atoms with van der Waals surface area (Å²) in [5.41, 5.74) is 7.51. The third kappa shape index (κ3) is 2.53. The van der Waals surface area contributed by atoms with Crippen LogP contribution >= 0.6 is 0 Å². The Bertz CT molecular complexity index is 461. The summed E-state index contributed by atoms with van der Waals surface area (Å²) in [4.78, 5) is 2.45. The highest BCUT2D eigenvalue weighted by atomic mass is 19.1. The minimum absolute atomic E-state index is 0.0311. The van der Waals surface area contributed by atoms with Gasteiger partial charge in [-0.15, -0.1) is 0 Å². The SMILES string of the molecule is Cc1ccc(C2C(CN)OCCN2C2CC2)cc1F. The van der Waals surface area contributed by atoms with Crippen LogP contribution in [0.15, 0.2) is 18.2 Å². The lowest BCUT2D eigenvalue weighted by molar-refractivity contribution is -0.0713. The first-order valence-electron chi connectivity index (χ1n) is 7.04. The maximum atomic E-state index is 13.8. The van der Waals surface area contributed by atoms with Crippen LogP contribution in [0.1, 0.15) is 30.0 Å². The first-order chi connectivity index (χ1) is 9.20. The molecule has 0 spiro atoms. The molecule has 0 radical (unpaired) electrons. The van der Waals surface area contributed by atoms with Gasteiger partial charge in [-0.05, 0) is 37.0 Å². The van der Waals surface area contributed by atoms with Gasteiger partial charge in [-0.25, -0.2) is 4.39 Å². The highest BCUT2D eigenvalue weighted by Crippen LogP contribution is 2.38. The molecule has 2 aliphatic rings. The molecule has 1 aliphatic carbocycles. The number of benzene rings is 1. The normalized spacial score (nSPS) is 28.6. The van der Waals surface area contributed by atoms with Crippen LogP contribution in [0.2, 0.25) is 0 Å². The average Bonchev–Trinajstić information content (AvgIpc) is 3.25. The molecule has 1 aliphatic heterocycles. The summed E-state index contributed by atoms with van der Waals surface area (Å²) < 4.78 is 19.6. The first-order valence-corrected chi connectivity index (χ1v) is 7.04. The number of nitrogens with two attached hydrogens (primary N) is 1. The van der Waals surface area contributed by atoms with E-state index in [4.69, 9.17) is 10.5 Å². The Hall–Kier alpha value is -0.970. The van der Waals surface area contributed by atoms with Gasteiger partial charge in [0.15, 0.2) is 0 Å². The van der Waals surface area contributed by atoms with Crippen molar-refractivity contribution in [2.24, 2.45) is 5.73 Å². The van der Waals surface area contributed by atoms with E-state index in [9.17, 15) is 4.39 Å². The molecular formula is C15H21FN2O. The Kier molecular flexibility index (Phi) is 3.56. The fraction of sp³-hybridized carbons (Fsp3) is 0.600. The van der Waals surface area contributed by atoms with Crippen molar-refractivity contribution in [3.8, 4) is 0 Å². The molecule has 0 bridgehead atoms. The van der Waals surface area contributed by atoms with E-state index in [-0.39, 0.29) is 18.0 Å². The fourth-order valence-corrected chi connectivity index (χ4v) is 2.97. The van der Waals surface area contributed by atoms with Crippen molar-refractivity contribution in [1.82, 2.24) is 4.90 Å². The molecule has 2 unspecified atom stereocenters. The number of nitrogens with zero attached hydrogens (tertiary/aromatic N) is 1. The third-order valence-electron chi connectivity index (χ3n) is 4.18. The second-order valence-electron chi connectivity index (χ2n) is 5.57. The second kappa shape index (κ2) is 5.19. The molecule has 1 aromatic rings. The van der Waals surface area contributed by atoms with Crippen LogP contribution in [0.4, 0.5) is 4.39 Å². The zero-order chi connectivity index (χ0) is 13.4. The minimum atomic E-state index is -0.144. The summed E-state index contributed by atoms with van der Waals surface area (Å²) >= 11 is 0. The number of rotatable bonds is 3. The molecular weight excluding hydrogens is 243 g/mol. The number of hydrogen-bond acceptors (Lipinski definition) is 3. The van der Waals surface area contributed by atoms with Crippen molar-refractivity contribution >= 4 is 0 Å². The number of aryl methyl sites for hydroxylation is 1. The van der Waals surface area contributed by atoms with Gasteiger partial charge < -0.3 is 10.5 Å². The van der Waals surface area contributed by atoms with Crippen molar-refractivity contribution in [1.29, 1.82) is 0 Å². The Balaban J connectivity index is 1.93. The van der Waals surface area contributed by atoms with Crippen LogP contribution in [-0.2, 0) is 4.74 Å². The van der Waals surface area contributed by atoms with Crippen molar-refractivity contribution in [2.75, 3.05) is 19.7 Å². The van der Waals surface area contributed by atoms with E-state index >= 15 is 0 Å². The Morgan fingerprint density at radius 3 is 2.84 bits per heavy atom. The van der Waals surface area contributed by atoms with Crippen molar-refractivity contribution in [3.63, 3.8) is 0 Å². The van der Waals surface area contributed by atoms with Crippen LogP contribution in [-0.4, -0.2) is 36.7 Å². The molecule has 0 aromatic heterocycles. The van der Waals surface area contributed by atoms with Crippen LogP contribution in [0, 0.1) is 12.7 Å². The Morgan fingerprint density at radius 2 is 2.21 bits per heavy atom. The number of hydrogen-bond donors (Lipinski definition) is 1. The van der Waals surface area contributed by atoms with Crippen LogP contribution in [0.3, 0.4) is 0 Å². The molecule has 2 atom stereocenters. The molecule has 104 valence electrons. The summed E-state index contributed by atoms with van der Waals surface area (Å²) in [7, 11) is 0. The fourth-order valence-electron chi connectivity index (χ4n) is 2.97. The number of morpholine rings is 1. The van der Waals surface area contributed by atoms with Gasteiger partial charge in [0.05, 0.1) is 18.8 Å². The predicted octanol–water partition coefficient (Wildman–Crippen LogP) is 2.00. The molecule has 1 aromatic carbocycles. The van der Waals surface area contributed by atoms with E-state index in [1.807, 2.05) is 12.1 Å². The topological polar surface area (TPSA) is 38.5 Å². The van der Waals surface area contributed by atoms with Gasteiger partial charge in [-0.2, -0.15) is 0 Å². The highest BCUT2D eigenvalue weighted by molar-refractivity contribution is 5.27. The molecule has 1 saturated heterocycles. The molecule has 1 heterocycles. The molecule has 3 rings (SSSR count). The molecule has 2 N–H and O–H groups in total. The van der Waals surface area contributed by atoms with Crippen LogP contribution in [0.5, 0.6) is 0 Å². The molecule has 19 heavy (non-hydrogen) atoms. The zero-order valence-electron chi connectivity index (χ0n) is 11.3. The second-order valence-corrected chi connectivity index (χ2v) is 5.57. The van der Waals surface area contributed by atoms with Gasteiger partial charge in [0.25, 0.3) is 0 Å². The monoisotopic (exact) mass is 264 g/mol. The Labute approximate surface area is 113 Å². The quantitative estimate of drug-likeness (QED) is 0.907. The third-order valence-corrected chi connectivity index (χ3v) is 4.18. The Morgan fingerprint density at radius 1 is 1.42 bits per heavy atom. The van der Waals surface area contributed by atoms with Gasteiger partial charge in [0.1, 0.15) is 5.82 Å². The van der Waals surface area contributed by atoms with Gasteiger partial charge in [0.2, 0.25) is 0 Å². The van der Waals surface area contributed by atoms with E-state index in [0.717, 1.165) is 18.7 Å². The molecule has 0 amide bonds. The molecule has 4 heteroatoms. The lowest BCUT2D eigenvalue weighted by Crippen LogP contribution is -2.49. The summed E-state index contributed by atoms with van der Waals surface area (Å²) in [5, 5.41) is 0. The largest absolute Gasteiger partial charge is 0.374 e. The summed E-state index contributed by atoms with van der Waals surface area (Å²) in [6.07, 6.45) is 2.45. The summed E-state index contributed by atoms with van der Waals surface area (Å²) in [6, 6.07) is 6.23. The van der Waals surface area contributed by atoms with E-state index in [2.05, 4.69) is 4.90 Å². The lowest BCUT2D eigenvalue weighted by Gasteiger charge is -2.41. The number of halogens is 1. The van der Waals surface area contributed by atoms with Crippen molar-refractivity contribution < 1.29 is 9.13 Å². The predicted molar refractivity (Wildman–Crippen MR) is 72.4 cm³/mol. The van der Waals surface area contributed by atoms with Crippen molar-refractivity contribution in [2.45, 2.75) is 38.0 Å². The van der Waals surface area contributed by atoms with E-state index < -0.39 is 0 Å². The van der Waals surface area contributed by atoms with E-state index in [1.54, 1.807) is 13.0 Å². The van der Waals surface area contributed by atoms with Crippen LogP contribution < -0.4 is 5.73 Å². The van der Waals surface area contributed by atoms with E-state index in [1.165, 1.54) is 12.8 Å². The van der Waals surface area contributed by atoms with Gasteiger partial charge in [0, 0.05) is 19.1 Å². The number of ether oxygens (including phenoxy) is 1. The van der Waals surface area contributed by atoms with Gasteiger partial charge in [-0.1, -0.05) is 12.1 Å². The molecule has 1 saturated carbocycles. The first kappa shape index (κ1) is 13.0. The smallest absolute Gasteiger partial charge is 0.126 e. The molecule has 3 nitrogen and oxygen atoms in total. The average molecular weight is 264 g/mol. The van der Waals surface area contributed by atoms with Crippen molar-refractivity contribution in [3.05, 3.63) is 35.1 Å². The van der Waals surface area contributed by atoms with Gasteiger partial charge in [-0.3, -0.25) is 4.90 Å². The van der Waals surface area contributed by atoms with E-state index in [0.29, 0.717) is 18.2 Å². The standard InChI is InChI=1S/C15H21FN2O/c1-10-2-3-11(8-13(10)16)15-14(9-17)19-7-6-18(15)12-4-5-12/h2-3,8,12,14-15H,4-7,9,17H2,1H3. The van der Waals surface area contributed by atoms with Crippen LogP contribution in [0.25, 0.3) is 0 Å². The summed E-state index contributed by atoms with van der Waals surface area (Å²) in [6.45, 7) is 3.91. The lowest BCUT2D eigenvalue weighted by atomic mass is 9.96. The zero-order valence-corrected chi connectivity index (χ0v) is 11.3. The van der Waals surface area contributed by atoms with Gasteiger partial charge >= 0.3 is 0 Å². The minimum Gasteiger partial charge on any atom is -0.374 e. The highest BCUT2D eigenvalue weighted by Gasteiger charge is 2.40. The summed E-state index contributed by atoms with van der Waals surface area (Å²) in [5.74, 6) is -0.144.